The fourth-order valence-electron chi connectivity index (χ4n) is 1.95. The van der Waals surface area contributed by atoms with Gasteiger partial charge < -0.3 is 9.55 Å². The molecule has 0 atom stereocenters. The van der Waals surface area contributed by atoms with E-state index in [-0.39, 0.29) is 11.2 Å². The lowest BCUT2D eigenvalue weighted by atomic mass is 9.92. The molecule has 1 heterocycles. The third-order valence-electron chi connectivity index (χ3n) is 2.89. The molecule has 96 valence electrons. The van der Waals surface area contributed by atoms with Gasteiger partial charge in [-0.1, -0.05) is 32.9 Å². The predicted molar refractivity (Wildman–Crippen MR) is 73.8 cm³/mol. The summed E-state index contributed by atoms with van der Waals surface area (Å²) in [5, 5.41) is 0. The second-order valence-corrected chi connectivity index (χ2v) is 5.83. The Kier molecular flexibility index (Phi) is 3.39. The number of hydrogen-bond acceptors (Lipinski definition) is 1. The van der Waals surface area contributed by atoms with Gasteiger partial charge in [0.1, 0.15) is 5.82 Å². The van der Waals surface area contributed by atoms with Crippen molar-refractivity contribution >= 4 is 12.2 Å². The lowest BCUT2D eigenvalue weighted by Crippen LogP contribution is -2.18. The van der Waals surface area contributed by atoms with Crippen LogP contribution in [0.4, 0.5) is 4.39 Å². The van der Waals surface area contributed by atoms with E-state index in [9.17, 15) is 4.39 Å². The summed E-state index contributed by atoms with van der Waals surface area (Å²) in [5.41, 5.74) is 2.21. The number of nitrogens with one attached hydrogen (secondary N) is 1. The number of imidazole rings is 1. The molecule has 2 rings (SSSR count). The molecule has 2 aromatic rings. The van der Waals surface area contributed by atoms with Gasteiger partial charge >= 0.3 is 0 Å². The molecule has 0 aliphatic heterocycles. The van der Waals surface area contributed by atoms with E-state index in [1.165, 1.54) is 12.1 Å². The summed E-state index contributed by atoms with van der Waals surface area (Å²) in [6, 6.07) is 6.53. The Morgan fingerprint density at radius 2 is 1.83 bits per heavy atom. The second kappa shape index (κ2) is 4.69. The molecule has 0 unspecified atom stereocenters. The van der Waals surface area contributed by atoms with Crippen LogP contribution in [0.1, 0.15) is 32.0 Å². The average molecular weight is 264 g/mol. The molecule has 1 N–H and O–H groups in total. The molecular formula is C14H17FN2S. The predicted octanol–water partition coefficient (Wildman–Crippen LogP) is 4.03. The molecule has 0 bridgehead atoms. The first kappa shape index (κ1) is 13.0. The van der Waals surface area contributed by atoms with Crippen LogP contribution in [-0.4, -0.2) is 9.55 Å². The van der Waals surface area contributed by atoms with Crippen LogP contribution in [-0.2, 0) is 12.0 Å². The first-order valence-electron chi connectivity index (χ1n) is 5.91. The molecule has 0 aliphatic carbocycles. The summed E-state index contributed by atoms with van der Waals surface area (Å²) in [4.78, 5) is 3.08. The quantitative estimate of drug-likeness (QED) is 0.812. The number of nitrogens with zero attached hydrogens (tertiary/aromatic N) is 1. The fraction of sp³-hybridized carbons (Fsp3) is 0.357. The van der Waals surface area contributed by atoms with Crippen molar-refractivity contribution in [3.05, 3.63) is 52.3 Å². The maximum absolute atomic E-state index is 12.9. The van der Waals surface area contributed by atoms with E-state index in [0.29, 0.717) is 11.3 Å². The van der Waals surface area contributed by atoms with Crippen molar-refractivity contribution in [2.45, 2.75) is 32.7 Å². The number of benzene rings is 1. The van der Waals surface area contributed by atoms with Crippen LogP contribution in [0, 0.1) is 10.6 Å². The van der Waals surface area contributed by atoms with Crippen molar-refractivity contribution < 1.29 is 4.39 Å². The zero-order chi connectivity index (χ0) is 13.3. The van der Waals surface area contributed by atoms with Crippen LogP contribution >= 0.6 is 12.2 Å². The Balaban J connectivity index is 2.37. The van der Waals surface area contributed by atoms with E-state index in [1.807, 2.05) is 6.20 Å². The molecule has 1 aromatic heterocycles. The number of halogens is 1. The van der Waals surface area contributed by atoms with Crippen molar-refractivity contribution in [3.63, 3.8) is 0 Å². The van der Waals surface area contributed by atoms with Gasteiger partial charge in [-0.25, -0.2) is 4.39 Å². The van der Waals surface area contributed by atoms with E-state index in [4.69, 9.17) is 12.2 Å². The standard InChI is InChI=1S/C14H17FN2S/c1-14(2,3)12-8-16-13(18)17(12)9-10-4-6-11(15)7-5-10/h4-8H,9H2,1-3H3,(H,16,18). The lowest BCUT2D eigenvalue weighted by molar-refractivity contribution is 0.529. The van der Waals surface area contributed by atoms with Crippen molar-refractivity contribution in [2.24, 2.45) is 0 Å². The minimum atomic E-state index is -0.215. The molecule has 2 nitrogen and oxygen atoms in total. The summed E-state index contributed by atoms with van der Waals surface area (Å²) in [6.07, 6.45) is 1.95. The summed E-state index contributed by atoms with van der Waals surface area (Å²) in [6.45, 7) is 7.10. The third kappa shape index (κ3) is 2.70. The Labute approximate surface area is 111 Å². The number of aromatic amines is 1. The van der Waals surface area contributed by atoms with Gasteiger partial charge in [0, 0.05) is 17.3 Å². The summed E-state index contributed by atoms with van der Waals surface area (Å²) in [7, 11) is 0. The van der Waals surface area contributed by atoms with Crippen LogP contribution in [0.3, 0.4) is 0 Å². The van der Waals surface area contributed by atoms with E-state index in [2.05, 4.69) is 30.3 Å². The topological polar surface area (TPSA) is 20.7 Å². The summed E-state index contributed by atoms with van der Waals surface area (Å²) < 4.78 is 15.6. The van der Waals surface area contributed by atoms with Gasteiger partial charge in [-0.3, -0.25) is 0 Å². The van der Waals surface area contributed by atoms with Crippen molar-refractivity contribution in [1.29, 1.82) is 0 Å². The number of hydrogen-bond donors (Lipinski definition) is 1. The summed E-state index contributed by atoms with van der Waals surface area (Å²) >= 11 is 5.30. The van der Waals surface area contributed by atoms with Gasteiger partial charge in [-0.05, 0) is 29.9 Å². The zero-order valence-corrected chi connectivity index (χ0v) is 11.6. The molecule has 0 spiro atoms. The molecule has 1 aromatic carbocycles. The molecule has 4 heteroatoms. The molecular weight excluding hydrogens is 247 g/mol. The highest BCUT2D eigenvalue weighted by atomic mass is 32.1. The number of rotatable bonds is 2. The largest absolute Gasteiger partial charge is 0.337 e. The van der Waals surface area contributed by atoms with Crippen LogP contribution < -0.4 is 0 Å². The number of aromatic nitrogens is 2. The zero-order valence-electron chi connectivity index (χ0n) is 10.8. The Hall–Kier alpha value is -1.42. The average Bonchev–Trinajstić information content (AvgIpc) is 2.63. The maximum Gasteiger partial charge on any atom is 0.177 e. The fourth-order valence-corrected chi connectivity index (χ4v) is 2.17. The van der Waals surface area contributed by atoms with Gasteiger partial charge in [0.05, 0.1) is 6.54 Å². The molecule has 0 radical (unpaired) electrons. The maximum atomic E-state index is 12.9. The van der Waals surface area contributed by atoms with Crippen LogP contribution in [0.2, 0.25) is 0 Å². The van der Waals surface area contributed by atoms with Crippen molar-refractivity contribution in [2.75, 3.05) is 0 Å². The molecule has 0 saturated carbocycles. The molecule has 0 saturated heterocycles. The van der Waals surface area contributed by atoms with Gasteiger partial charge in [0.2, 0.25) is 0 Å². The molecule has 18 heavy (non-hydrogen) atoms. The molecule has 0 aliphatic rings. The second-order valence-electron chi connectivity index (χ2n) is 5.44. The van der Waals surface area contributed by atoms with E-state index in [1.54, 1.807) is 12.1 Å². The van der Waals surface area contributed by atoms with Crippen LogP contribution in [0.25, 0.3) is 0 Å². The van der Waals surface area contributed by atoms with E-state index >= 15 is 0 Å². The van der Waals surface area contributed by atoms with Crippen molar-refractivity contribution in [3.8, 4) is 0 Å². The van der Waals surface area contributed by atoms with E-state index in [0.717, 1.165) is 11.3 Å². The van der Waals surface area contributed by atoms with Crippen LogP contribution in [0.15, 0.2) is 30.5 Å². The highest BCUT2D eigenvalue weighted by Crippen LogP contribution is 2.23. The normalized spacial score (nSPS) is 11.8. The Morgan fingerprint density at radius 1 is 1.22 bits per heavy atom. The molecule has 0 fully saturated rings. The third-order valence-corrected chi connectivity index (χ3v) is 3.23. The Bertz CT molecular complexity index is 587. The lowest BCUT2D eigenvalue weighted by Gasteiger charge is -2.20. The Morgan fingerprint density at radius 3 is 2.39 bits per heavy atom. The van der Waals surface area contributed by atoms with Gasteiger partial charge in [-0.15, -0.1) is 0 Å². The minimum Gasteiger partial charge on any atom is -0.337 e. The van der Waals surface area contributed by atoms with Gasteiger partial charge in [-0.2, -0.15) is 0 Å². The van der Waals surface area contributed by atoms with Gasteiger partial charge in [0.25, 0.3) is 0 Å². The highest BCUT2D eigenvalue weighted by Gasteiger charge is 2.19. The van der Waals surface area contributed by atoms with Gasteiger partial charge in [0.15, 0.2) is 4.77 Å². The van der Waals surface area contributed by atoms with E-state index < -0.39 is 0 Å². The smallest absolute Gasteiger partial charge is 0.177 e. The molecule has 0 amide bonds. The SMILES string of the molecule is CC(C)(C)c1c[nH]c(=S)n1Cc1ccc(F)cc1. The monoisotopic (exact) mass is 264 g/mol. The number of H-pyrrole nitrogens is 1. The van der Waals surface area contributed by atoms with Crippen molar-refractivity contribution in [1.82, 2.24) is 9.55 Å². The summed E-state index contributed by atoms with van der Waals surface area (Å²) in [5.74, 6) is -0.215. The minimum absolute atomic E-state index is 0.0214. The van der Waals surface area contributed by atoms with Crippen LogP contribution in [0.5, 0.6) is 0 Å². The first-order chi connectivity index (χ1) is 8.38. The first-order valence-corrected chi connectivity index (χ1v) is 6.32. The highest BCUT2D eigenvalue weighted by molar-refractivity contribution is 7.71.